The zero-order valence-electron chi connectivity index (χ0n) is 11.5. The van der Waals surface area contributed by atoms with E-state index in [1.165, 1.54) is 5.57 Å². The molecular weight excluding hydrogens is 404 g/mol. The van der Waals surface area contributed by atoms with E-state index in [0.29, 0.717) is 6.42 Å². The summed E-state index contributed by atoms with van der Waals surface area (Å²) in [6.45, 7) is 0.158. The van der Waals surface area contributed by atoms with E-state index in [0.717, 1.165) is 34.9 Å². The maximum absolute atomic E-state index is 9.26. The average molecular weight is 422 g/mol. The van der Waals surface area contributed by atoms with E-state index in [4.69, 9.17) is 9.68 Å². The molecule has 0 amide bonds. The molecule has 0 fully saturated rings. The summed E-state index contributed by atoms with van der Waals surface area (Å²) in [7, 11) is 0. The molecule has 0 aromatic rings. The molecule has 3 rings (SSSR count). The molecule has 0 saturated heterocycles. The Balaban J connectivity index is 1.81. The van der Waals surface area contributed by atoms with Crippen molar-refractivity contribution in [3.63, 3.8) is 0 Å². The van der Waals surface area contributed by atoms with Crippen molar-refractivity contribution in [1.29, 1.82) is 0 Å². The van der Waals surface area contributed by atoms with Crippen molar-refractivity contribution >= 4 is 41.1 Å². The van der Waals surface area contributed by atoms with Crippen molar-refractivity contribution < 1.29 is 14.8 Å². The molecule has 0 bridgehead atoms. The molecule has 0 aromatic heterocycles. The maximum Gasteiger partial charge on any atom is 0.140 e. The molecule has 21 heavy (non-hydrogen) atoms. The third kappa shape index (κ3) is 3.35. The summed E-state index contributed by atoms with van der Waals surface area (Å²) in [5.41, 5.74) is 1.22. The maximum atomic E-state index is 9.26. The number of allylic oxidation sites excluding steroid dienone is 1. The van der Waals surface area contributed by atoms with Gasteiger partial charge in [-0.2, -0.15) is 0 Å². The van der Waals surface area contributed by atoms with Crippen molar-refractivity contribution in [2.75, 3.05) is 6.61 Å². The number of oxime groups is 2. The number of hydrogen-bond acceptors (Lipinski definition) is 5. The Labute approximate surface area is 140 Å². The van der Waals surface area contributed by atoms with Gasteiger partial charge in [-0.1, -0.05) is 22.0 Å². The van der Waals surface area contributed by atoms with Crippen LogP contribution in [0.1, 0.15) is 32.1 Å². The highest BCUT2D eigenvalue weighted by Gasteiger charge is 2.38. The minimum Gasteiger partial charge on any atom is -0.396 e. The van der Waals surface area contributed by atoms with Crippen molar-refractivity contribution in [2.45, 2.75) is 44.3 Å². The van der Waals surface area contributed by atoms with Crippen molar-refractivity contribution in [2.24, 2.45) is 22.1 Å². The van der Waals surface area contributed by atoms with Crippen molar-refractivity contribution in [3.05, 3.63) is 11.6 Å². The first kappa shape index (κ1) is 15.5. The van der Waals surface area contributed by atoms with Gasteiger partial charge in [0.05, 0.1) is 11.8 Å². The van der Waals surface area contributed by atoms with Crippen LogP contribution in [-0.2, 0) is 9.68 Å². The summed E-state index contributed by atoms with van der Waals surface area (Å²) < 4.78 is 1.77. The van der Waals surface area contributed by atoms with Gasteiger partial charge in [-0.3, -0.25) is 0 Å². The van der Waals surface area contributed by atoms with Crippen LogP contribution in [0.3, 0.4) is 0 Å². The van der Waals surface area contributed by atoms with Crippen LogP contribution in [-0.4, -0.2) is 33.2 Å². The van der Waals surface area contributed by atoms with Gasteiger partial charge in [-0.25, -0.2) is 0 Å². The van der Waals surface area contributed by atoms with Gasteiger partial charge in [0.15, 0.2) is 0 Å². The third-order valence-corrected chi connectivity index (χ3v) is 5.84. The highest BCUT2D eigenvalue weighted by molar-refractivity contribution is 9.18. The molecule has 3 aliphatic rings. The fourth-order valence-corrected chi connectivity index (χ4v) is 4.31. The number of fused-ring (bicyclic) bond motifs is 2. The van der Waals surface area contributed by atoms with Crippen LogP contribution in [0.5, 0.6) is 0 Å². The fraction of sp³-hybridized carbons (Fsp3) is 0.714. The summed E-state index contributed by atoms with van der Waals surface area (Å²) in [5.74, 6) is 0.530. The second kappa shape index (κ2) is 6.79. The minimum atomic E-state index is 0.0551. The molecule has 4 atom stereocenters. The van der Waals surface area contributed by atoms with Crippen LogP contribution in [0.15, 0.2) is 22.0 Å². The van der Waals surface area contributed by atoms with E-state index < -0.39 is 0 Å². The lowest BCUT2D eigenvalue weighted by Gasteiger charge is -2.24. The Kier molecular flexibility index (Phi) is 5.01. The van der Waals surface area contributed by atoms with Gasteiger partial charge in [-0.05, 0) is 57.5 Å². The van der Waals surface area contributed by atoms with Gasteiger partial charge in [0, 0.05) is 13.0 Å². The van der Waals surface area contributed by atoms with E-state index in [1.54, 1.807) is 0 Å². The van der Waals surface area contributed by atoms with Crippen LogP contribution in [0, 0.1) is 11.8 Å². The Morgan fingerprint density at radius 1 is 1.10 bits per heavy atom. The third-order valence-electron chi connectivity index (χ3n) is 4.38. The second-order valence-corrected chi connectivity index (χ2v) is 7.31. The molecule has 0 saturated carbocycles. The van der Waals surface area contributed by atoms with E-state index in [2.05, 4.69) is 48.2 Å². The first-order valence-corrected chi connectivity index (χ1v) is 8.84. The smallest absolute Gasteiger partial charge is 0.140 e. The Morgan fingerprint density at radius 2 is 1.81 bits per heavy atom. The summed E-state index contributed by atoms with van der Waals surface area (Å²) in [4.78, 5) is 11.1. The molecule has 0 radical (unpaired) electrons. The second-order valence-electron chi connectivity index (χ2n) is 5.68. The molecule has 5 nitrogen and oxygen atoms in total. The standard InChI is InChI=1S/C14H18Br2N2O3/c15-13-9-2-1-8(5-6-19)7-12-10(14(16)18-21-12)3-4-11(9)20-17-13/h1,9-12,19H,2-7H2/b8-1-/t9-,10+,11-,12-/m0/s1. The van der Waals surface area contributed by atoms with Crippen LogP contribution >= 0.6 is 31.9 Å². The lowest BCUT2D eigenvalue weighted by atomic mass is 9.85. The molecule has 0 unspecified atom stereocenters. The first-order valence-electron chi connectivity index (χ1n) is 7.26. The number of hydrogen-bond donors (Lipinski definition) is 1. The first-order chi connectivity index (χ1) is 10.2. The van der Waals surface area contributed by atoms with Gasteiger partial charge in [0.25, 0.3) is 0 Å². The molecule has 0 spiro atoms. The van der Waals surface area contributed by atoms with E-state index in [-0.39, 0.29) is 30.7 Å². The minimum absolute atomic E-state index is 0.0551. The molecule has 2 aliphatic heterocycles. The molecule has 1 N–H and O–H groups in total. The van der Waals surface area contributed by atoms with Gasteiger partial charge in [-0.15, -0.1) is 0 Å². The molecule has 116 valence electrons. The van der Waals surface area contributed by atoms with E-state index in [9.17, 15) is 5.11 Å². The zero-order chi connectivity index (χ0) is 14.8. The van der Waals surface area contributed by atoms with Gasteiger partial charge in [0.1, 0.15) is 21.4 Å². The quantitative estimate of drug-likeness (QED) is 0.695. The molecule has 0 aromatic carbocycles. The van der Waals surface area contributed by atoms with Crippen LogP contribution < -0.4 is 0 Å². The SMILES string of the molecule is OCC/C1=C/C[C@@H]2C(Br)=NO[C@H]2CC[C@H]2C(Br)=NO[C@H]2C1. The molecule has 1 aliphatic carbocycles. The van der Waals surface area contributed by atoms with E-state index in [1.807, 2.05) is 0 Å². The van der Waals surface area contributed by atoms with Crippen LogP contribution in [0.4, 0.5) is 0 Å². The Bertz CT molecular complexity index is 493. The highest BCUT2D eigenvalue weighted by Crippen LogP contribution is 2.37. The van der Waals surface area contributed by atoms with Gasteiger partial charge >= 0.3 is 0 Å². The van der Waals surface area contributed by atoms with Crippen LogP contribution in [0.2, 0.25) is 0 Å². The normalized spacial score (nSPS) is 38.1. The number of halogens is 2. The largest absolute Gasteiger partial charge is 0.396 e. The molecule has 2 heterocycles. The summed E-state index contributed by atoms with van der Waals surface area (Å²) in [6.07, 6.45) is 6.62. The summed E-state index contributed by atoms with van der Waals surface area (Å²) in [5, 5.41) is 17.4. The number of nitrogens with zero attached hydrogens (tertiary/aromatic N) is 2. The predicted molar refractivity (Wildman–Crippen MR) is 87.7 cm³/mol. The van der Waals surface area contributed by atoms with E-state index >= 15 is 0 Å². The Hall–Kier alpha value is -0.400. The number of rotatable bonds is 2. The van der Waals surface area contributed by atoms with Gasteiger partial charge < -0.3 is 14.8 Å². The monoisotopic (exact) mass is 420 g/mol. The zero-order valence-corrected chi connectivity index (χ0v) is 14.7. The Morgan fingerprint density at radius 3 is 2.57 bits per heavy atom. The lowest BCUT2D eigenvalue weighted by molar-refractivity contribution is 0.0336. The summed E-state index contributed by atoms with van der Waals surface area (Å²) in [6, 6.07) is 0. The highest BCUT2D eigenvalue weighted by atomic mass is 79.9. The predicted octanol–water partition coefficient (Wildman–Crippen LogP) is 3.32. The summed E-state index contributed by atoms with van der Waals surface area (Å²) >= 11 is 7.01. The number of aliphatic hydroxyl groups excluding tert-OH is 1. The topological polar surface area (TPSA) is 63.4 Å². The lowest BCUT2D eigenvalue weighted by Crippen LogP contribution is -2.27. The number of aliphatic hydroxyl groups is 1. The average Bonchev–Trinajstić information content (AvgIpc) is 2.99. The molecular formula is C14H18Br2N2O3. The van der Waals surface area contributed by atoms with Crippen molar-refractivity contribution in [1.82, 2.24) is 0 Å². The van der Waals surface area contributed by atoms with Crippen molar-refractivity contribution in [3.8, 4) is 0 Å². The van der Waals surface area contributed by atoms with Crippen LogP contribution in [0.25, 0.3) is 0 Å². The molecule has 7 heteroatoms. The van der Waals surface area contributed by atoms with Gasteiger partial charge in [0.2, 0.25) is 0 Å². The fourth-order valence-electron chi connectivity index (χ4n) is 3.14.